The van der Waals surface area contributed by atoms with E-state index in [4.69, 9.17) is 15.0 Å². The van der Waals surface area contributed by atoms with Gasteiger partial charge in [0.1, 0.15) is 0 Å². The van der Waals surface area contributed by atoms with E-state index < -0.39 is 0 Å². The van der Waals surface area contributed by atoms with E-state index in [1.165, 1.54) is 38.1 Å². The fourth-order valence-electron chi connectivity index (χ4n) is 9.01. The smallest absolute Gasteiger partial charge is 0.164 e. The Morgan fingerprint density at radius 2 is 0.597 bits per heavy atom. The van der Waals surface area contributed by atoms with Gasteiger partial charge in [-0.1, -0.05) is 176 Å². The van der Waals surface area contributed by atoms with Gasteiger partial charge in [-0.05, 0) is 70.8 Å². The Kier molecular flexibility index (Phi) is 8.42. The molecule has 0 saturated carbocycles. The Labute approximate surface area is 358 Å². The van der Waals surface area contributed by atoms with Gasteiger partial charge >= 0.3 is 0 Å². The summed E-state index contributed by atoms with van der Waals surface area (Å²) in [4.78, 5) is 15.3. The Balaban J connectivity index is 0.998. The van der Waals surface area contributed by atoms with Crippen molar-refractivity contribution in [3.05, 3.63) is 224 Å². The molecule has 0 fully saturated rings. The van der Waals surface area contributed by atoms with Crippen LogP contribution in [0.2, 0.25) is 0 Å². The van der Waals surface area contributed by atoms with Crippen molar-refractivity contribution in [1.29, 1.82) is 0 Å². The molecule has 0 radical (unpaired) electrons. The highest BCUT2D eigenvalue weighted by atomic mass is 15.0. The number of rotatable bonds is 7. The first-order valence-electron chi connectivity index (χ1n) is 20.9. The normalized spacial score (nSPS) is 11.5. The van der Waals surface area contributed by atoms with Crippen LogP contribution >= 0.6 is 0 Å². The van der Waals surface area contributed by atoms with Crippen LogP contribution in [-0.4, -0.2) is 24.1 Å². The summed E-state index contributed by atoms with van der Waals surface area (Å²) in [7, 11) is 0. The molecule has 3 heterocycles. The minimum atomic E-state index is 0.617. The van der Waals surface area contributed by atoms with E-state index in [2.05, 4.69) is 197 Å². The van der Waals surface area contributed by atoms with Crippen LogP contribution in [0.4, 0.5) is 0 Å². The topological polar surface area (TPSA) is 48.5 Å². The van der Waals surface area contributed by atoms with Crippen LogP contribution in [0.25, 0.3) is 111 Å². The maximum Gasteiger partial charge on any atom is 0.164 e. The third kappa shape index (κ3) is 6.06. The highest BCUT2D eigenvalue weighted by molar-refractivity contribution is 6.12. The molecule has 12 rings (SSSR count). The molecule has 62 heavy (non-hydrogen) atoms. The van der Waals surface area contributed by atoms with Crippen molar-refractivity contribution in [1.82, 2.24) is 24.1 Å². The standard InChI is InChI=1S/C57H37N5/c1-4-15-38(16-5-1)39-27-29-41(30-28-39)56-58-55(40-17-6-2-7-18-40)59-57(60-56)44-19-14-22-46(35-44)62-52-26-13-11-24-48(52)50-34-32-43(37-54(50)62)42-31-33-49-47-23-10-12-25-51(47)61(53(49)36-42)45-20-8-3-9-21-45/h1-37H. The summed E-state index contributed by atoms with van der Waals surface area (Å²) in [6, 6.07) is 79.3. The number of nitrogens with zero attached hydrogens (tertiary/aromatic N) is 5. The van der Waals surface area contributed by atoms with Crippen LogP contribution in [0.3, 0.4) is 0 Å². The second kappa shape index (κ2) is 14.7. The van der Waals surface area contributed by atoms with E-state index in [0.717, 1.165) is 55.8 Å². The maximum atomic E-state index is 5.14. The van der Waals surface area contributed by atoms with E-state index in [1.807, 2.05) is 36.4 Å². The van der Waals surface area contributed by atoms with E-state index in [-0.39, 0.29) is 0 Å². The zero-order valence-corrected chi connectivity index (χ0v) is 33.6. The Morgan fingerprint density at radius 1 is 0.226 bits per heavy atom. The summed E-state index contributed by atoms with van der Waals surface area (Å²) >= 11 is 0. The Morgan fingerprint density at radius 3 is 1.18 bits per heavy atom. The molecule has 0 aliphatic heterocycles. The SMILES string of the molecule is c1ccc(-c2ccc(-c3nc(-c4ccccc4)nc(-c4cccc(-n5c6ccccc6c6ccc(-c7ccc8c9ccccc9n(-c9ccccc9)c8c7)cc65)c4)n3)cc2)cc1. The monoisotopic (exact) mass is 791 g/mol. The number of para-hydroxylation sites is 3. The van der Waals surface area contributed by atoms with Gasteiger partial charge in [-0.15, -0.1) is 0 Å². The van der Waals surface area contributed by atoms with Gasteiger partial charge in [-0.25, -0.2) is 15.0 Å². The van der Waals surface area contributed by atoms with Gasteiger partial charge < -0.3 is 9.13 Å². The predicted molar refractivity (Wildman–Crippen MR) is 256 cm³/mol. The average Bonchev–Trinajstić information content (AvgIpc) is 3.87. The molecule has 0 aliphatic carbocycles. The molecule has 0 spiro atoms. The van der Waals surface area contributed by atoms with Crippen molar-refractivity contribution in [2.45, 2.75) is 0 Å². The highest BCUT2D eigenvalue weighted by Crippen LogP contribution is 2.39. The molecule has 0 aliphatic rings. The van der Waals surface area contributed by atoms with Gasteiger partial charge in [-0.3, -0.25) is 0 Å². The third-order valence-electron chi connectivity index (χ3n) is 12.0. The molecular formula is C57H37N5. The minimum absolute atomic E-state index is 0.617. The molecule has 290 valence electrons. The fraction of sp³-hybridized carbons (Fsp3) is 0. The molecule has 0 saturated heterocycles. The van der Waals surface area contributed by atoms with Crippen LogP contribution in [-0.2, 0) is 0 Å². The van der Waals surface area contributed by atoms with E-state index in [9.17, 15) is 0 Å². The van der Waals surface area contributed by atoms with E-state index in [0.29, 0.717) is 17.5 Å². The molecule has 0 bridgehead atoms. The molecule has 5 heteroatoms. The lowest BCUT2D eigenvalue weighted by Crippen LogP contribution is -2.01. The van der Waals surface area contributed by atoms with Gasteiger partial charge in [0.2, 0.25) is 0 Å². The molecule has 12 aromatic rings. The highest BCUT2D eigenvalue weighted by Gasteiger charge is 2.18. The number of hydrogen-bond acceptors (Lipinski definition) is 3. The van der Waals surface area contributed by atoms with Gasteiger partial charge in [0, 0.05) is 49.6 Å². The second-order valence-corrected chi connectivity index (χ2v) is 15.7. The third-order valence-corrected chi connectivity index (χ3v) is 12.0. The molecule has 3 aromatic heterocycles. The Hall–Kier alpha value is -8.41. The van der Waals surface area contributed by atoms with Crippen molar-refractivity contribution in [3.63, 3.8) is 0 Å². The summed E-state index contributed by atoms with van der Waals surface area (Å²) < 4.78 is 4.75. The zero-order chi connectivity index (χ0) is 41.0. The molecule has 0 unspecified atom stereocenters. The maximum absolute atomic E-state index is 5.14. The largest absolute Gasteiger partial charge is 0.309 e. The fourth-order valence-corrected chi connectivity index (χ4v) is 9.01. The summed E-state index contributed by atoms with van der Waals surface area (Å²) in [5, 5.41) is 4.88. The second-order valence-electron chi connectivity index (χ2n) is 15.7. The van der Waals surface area contributed by atoms with Gasteiger partial charge in [0.05, 0.1) is 22.1 Å². The van der Waals surface area contributed by atoms with Crippen molar-refractivity contribution in [2.24, 2.45) is 0 Å². The Bertz CT molecular complexity index is 3610. The van der Waals surface area contributed by atoms with E-state index >= 15 is 0 Å². The van der Waals surface area contributed by atoms with Crippen LogP contribution in [0.15, 0.2) is 224 Å². The first kappa shape index (κ1) is 35.5. The van der Waals surface area contributed by atoms with Crippen molar-refractivity contribution in [2.75, 3.05) is 0 Å². The number of fused-ring (bicyclic) bond motifs is 6. The van der Waals surface area contributed by atoms with Crippen LogP contribution in [0.1, 0.15) is 0 Å². The number of aromatic nitrogens is 5. The van der Waals surface area contributed by atoms with Crippen molar-refractivity contribution >= 4 is 43.6 Å². The van der Waals surface area contributed by atoms with Crippen LogP contribution in [0, 0.1) is 0 Å². The summed E-state index contributed by atoms with van der Waals surface area (Å²) in [5.74, 6) is 1.88. The first-order valence-corrected chi connectivity index (χ1v) is 20.9. The lowest BCUT2D eigenvalue weighted by Gasteiger charge is -2.12. The molecule has 0 N–H and O–H groups in total. The van der Waals surface area contributed by atoms with Crippen molar-refractivity contribution < 1.29 is 0 Å². The van der Waals surface area contributed by atoms with Crippen LogP contribution in [0.5, 0.6) is 0 Å². The summed E-state index contributed by atoms with van der Waals surface area (Å²) in [5.41, 5.74) is 14.2. The van der Waals surface area contributed by atoms with Crippen LogP contribution < -0.4 is 0 Å². The summed E-state index contributed by atoms with van der Waals surface area (Å²) in [6.07, 6.45) is 0. The minimum Gasteiger partial charge on any atom is -0.309 e. The zero-order valence-electron chi connectivity index (χ0n) is 33.6. The molecule has 0 amide bonds. The van der Waals surface area contributed by atoms with E-state index in [1.54, 1.807) is 0 Å². The van der Waals surface area contributed by atoms with Gasteiger partial charge in [0.25, 0.3) is 0 Å². The first-order chi connectivity index (χ1) is 30.7. The van der Waals surface area contributed by atoms with Gasteiger partial charge in [0.15, 0.2) is 17.5 Å². The summed E-state index contributed by atoms with van der Waals surface area (Å²) in [6.45, 7) is 0. The number of benzene rings is 9. The average molecular weight is 792 g/mol. The lowest BCUT2D eigenvalue weighted by molar-refractivity contribution is 1.07. The van der Waals surface area contributed by atoms with Gasteiger partial charge in [-0.2, -0.15) is 0 Å². The molecule has 0 atom stereocenters. The lowest BCUT2D eigenvalue weighted by atomic mass is 10.0. The van der Waals surface area contributed by atoms with Crippen molar-refractivity contribution in [3.8, 4) is 67.8 Å². The molecular weight excluding hydrogens is 755 g/mol. The molecule has 9 aromatic carbocycles. The predicted octanol–water partition coefficient (Wildman–Crippen LogP) is 14.4. The number of hydrogen-bond donors (Lipinski definition) is 0. The quantitative estimate of drug-likeness (QED) is 0.162. The molecule has 5 nitrogen and oxygen atoms in total.